The van der Waals surface area contributed by atoms with Gasteiger partial charge in [-0.05, 0) is 49.5 Å². The van der Waals surface area contributed by atoms with Crippen molar-refractivity contribution in [1.29, 1.82) is 0 Å². The number of rotatable bonds is 4. The number of ether oxygens (including phenoxy) is 1. The number of piperidine rings is 3. The van der Waals surface area contributed by atoms with E-state index in [1.807, 2.05) is 14.1 Å². The minimum Gasteiger partial charge on any atom is -0.497 e. The third-order valence-corrected chi connectivity index (χ3v) is 6.93. The van der Waals surface area contributed by atoms with E-state index in [1.54, 1.807) is 13.4 Å². The van der Waals surface area contributed by atoms with Crippen molar-refractivity contribution >= 4 is 11.6 Å². The summed E-state index contributed by atoms with van der Waals surface area (Å²) in [6.07, 6.45) is 4.32. The number of hydrogen-bond acceptors (Lipinski definition) is 6. The Labute approximate surface area is 167 Å². The standard InChI is InChI=1S/C22H29N5O/c1-25(2)19-12-20(24-14-23-19)27-13-18(15-4-6-17(28-3)7-5-15)22-21(27)16-8-10-26(22)11-9-16/h4-7,12,14,16,18,21-22H,8-11,13H2,1-3H3/t18-,21+,22+/m0/s1. The van der Waals surface area contributed by atoms with E-state index in [1.165, 1.54) is 31.5 Å². The highest BCUT2D eigenvalue weighted by molar-refractivity contribution is 5.53. The lowest BCUT2D eigenvalue weighted by Gasteiger charge is -2.51. The number of anilines is 2. The van der Waals surface area contributed by atoms with Crippen LogP contribution in [0, 0.1) is 5.92 Å². The number of nitrogens with zero attached hydrogens (tertiary/aromatic N) is 5. The zero-order valence-electron chi connectivity index (χ0n) is 17.0. The van der Waals surface area contributed by atoms with Crippen molar-refractivity contribution in [3.05, 3.63) is 42.2 Å². The van der Waals surface area contributed by atoms with Gasteiger partial charge in [0.05, 0.1) is 7.11 Å². The normalized spacial score (nSPS) is 31.0. The van der Waals surface area contributed by atoms with E-state index in [0.717, 1.165) is 29.8 Å². The van der Waals surface area contributed by atoms with Gasteiger partial charge in [-0.1, -0.05) is 12.1 Å². The van der Waals surface area contributed by atoms with Crippen LogP contribution in [0.3, 0.4) is 0 Å². The SMILES string of the molecule is COc1ccc([C@@H]2CN(c3cc(N(C)C)ncn3)[C@@H]3C4CCN(CC4)[C@@H]32)cc1. The average Bonchev–Trinajstić information content (AvgIpc) is 3.18. The first kappa shape index (κ1) is 17.7. The summed E-state index contributed by atoms with van der Waals surface area (Å²) in [7, 11) is 5.80. The number of aromatic nitrogens is 2. The molecular weight excluding hydrogens is 350 g/mol. The van der Waals surface area contributed by atoms with Crippen LogP contribution >= 0.6 is 0 Å². The minimum absolute atomic E-state index is 0.497. The van der Waals surface area contributed by atoms with Gasteiger partial charge >= 0.3 is 0 Å². The van der Waals surface area contributed by atoms with Crippen molar-refractivity contribution in [2.45, 2.75) is 30.8 Å². The lowest BCUT2D eigenvalue weighted by Crippen LogP contribution is -2.60. The monoisotopic (exact) mass is 379 g/mol. The molecule has 148 valence electrons. The molecule has 0 aliphatic carbocycles. The van der Waals surface area contributed by atoms with Crippen molar-refractivity contribution in [3.8, 4) is 5.75 Å². The summed E-state index contributed by atoms with van der Waals surface area (Å²) in [6, 6.07) is 11.9. The largest absolute Gasteiger partial charge is 0.497 e. The fourth-order valence-corrected chi connectivity index (χ4v) is 5.57. The molecule has 4 aliphatic rings. The van der Waals surface area contributed by atoms with Gasteiger partial charge in [-0.15, -0.1) is 0 Å². The Morgan fingerprint density at radius 3 is 2.46 bits per heavy atom. The van der Waals surface area contributed by atoms with Crippen molar-refractivity contribution in [2.75, 3.05) is 50.6 Å². The molecule has 1 aromatic heterocycles. The van der Waals surface area contributed by atoms with Gasteiger partial charge in [0.2, 0.25) is 0 Å². The van der Waals surface area contributed by atoms with Gasteiger partial charge in [-0.2, -0.15) is 0 Å². The maximum Gasteiger partial charge on any atom is 0.134 e. The first-order chi connectivity index (χ1) is 13.7. The third-order valence-electron chi connectivity index (χ3n) is 6.93. The summed E-state index contributed by atoms with van der Waals surface area (Å²) in [4.78, 5) is 16.5. The molecule has 2 aromatic rings. The first-order valence-electron chi connectivity index (χ1n) is 10.3. The molecule has 0 spiro atoms. The van der Waals surface area contributed by atoms with Crippen LogP contribution in [0.25, 0.3) is 0 Å². The van der Waals surface area contributed by atoms with Crippen LogP contribution in [0.5, 0.6) is 5.75 Å². The molecule has 4 saturated heterocycles. The molecule has 3 atom stereocenters. The van der Waals surface area contributed by atoms with E-state index < -0.39 is 0 Å². The van der Waals surface area contributed by atoms with Gasteiger partial charge in [-0.25, -0.2) is 9.97 Å². The van der Waals surface area contributed by atoms with Gasteiger partial charge in [0.1, 0.15) is 23.7 Å². The van der Waals surface area contributed by atoms with E-state index in [4.69, 9.17) is 4.74 Å². The zero-order valence-corrected chi connectivity index (χ0v) is 17.0. The van der Waals surface area contributed by atoms with Crippen LogP contribution in [0.4, 0.5) is 11.6 Å². The third kappa shape index (κ3) is 2.82. The molecule has 0 radical (unpaired) electrons. The Balaban J connectivity index is 1.52. The van der Waals surface area contributed by atoms with E-state index >= 15 is 0 Å². The van der Waals surface area contributed by atoms with Crippen LogP contribution < -0.4 is 14.5 Å². The highest BCUT2D eigenvalue weighted by Crippen LogP contribution is 2.47. The second-order valence-electron chi connectivity index (χ2n) is 8.52. The first-order valence-corrected chi connectivity index (χ1v) is 10.3. The van der Waals surface area contributed by atoms with Gasteiger partial charge in [-0.3, -0.25) is 4.90 Å². The lowest BCUT2D eigenvalue weighted by molar-refractivity contribution is 0.0354. The highest BCUT2D eigenvalue weighted by atomic mass is 16.5. The number of benzene rings is 1. The smallest absolute Gasteiger partial charge is 0.134 e. The van der Waals surface area contributed by atoms with Crippen LogP contribution in [-0.2, 0) is 0 Å². The molecule has 6 nitrogen and oxygen atoms in total. The second kappa shape index (κ2) is 6.92. The Morgan fingerprint density at radius 2 is 1.79 bits per heavy atom. The van der Waals surface area contributed by atoms with Crippen LogP contribution in [0.1, 0.15) is 24.3 Å². The van der Waals surface area contributed by atoms with Gasteiger partial charge in [0.15, 0.2) is 0 Å². The van der Waals surface area contributed by atoms with E-state index in [0.29, 0.717) is 18.0 Å². The fraction of sp³-hybridized carbons (Fsp3) is 0.545. The predicted molar refractivity (Wildman–Crippen MR) is 111 cm³/mol. The van der Waals surface area contributed by atoms with Crippen molar-refractivity contribution in [2.24, 2.45) is 5.92 Å². The fourth-order valence-electron chi connectivity index (χ4n) is 5.57. The molecular formula is C22H29N5O. The average molecular weight is 380 g/mol. The molecule has 1 aromatic carbocycles. The van der Waals surface area contributed by atoms with Crippen LogP contribution in [-0.4, -0.2) is 67.8 Å². The van der Waals surface area contributed by atoms with E-state index in [-0.39, 0.29) is 0 Å². The zero-order chi connectivity index (χ0) is 19.3. The summed E-state index contributed by atoms with van der Waals surface area (Å²) >= 11 is 0. The molecule has 0 unspecified atom stereocenters. The molecule has 0 N–H and O–H groups in total. The maximum absolute atomic E-state index is 5.37. The van der Waals surface area contributed by atoms with Crippen LogP contribution in [0.15, 0.2) is 36.7 Å². The van der Waals surface area contributed by atoms with Crippen molar-refractivity contribution in [1.82, 2.24) is 14.9 Å². The Hall–Kier alpha value is -2.34. The number of methoxy groups -OCH3 is 1. The van der Waals surface area contributed by atoms with Crippen LogP contribution in [0.2, 0.25) is 0 Å². The summed E-state index contributed by atoms with van der Waals surface area (Å²) < 4.78 is 5.37. The predicted octanol–water partition coefficient (Wildman–Crippen LogP) is 2.62. The molecule has 6 heteroatoms. The maximum atomic E-state index is 5.37. The van der Waals surface area contributed by atoms with E-state index in [9.17, 15) is 0 Å². The van der Waals surface area contributed by atoms with E-state index in [2.05, 4.69) is 55.0 Å². The summed E-state index contributed by atoms with van der Waals surface area (Å²) in [5.74, 6) is 4.22. The van der Waals surface area contributed by atoms with Crippen molar-refractivity contribution in [3.63, 3.8) is 0 Å². The molecule has 4 fully saturated rings. The minimum atomic E-state index is 0.497. The summed E-state index contributed by atoms with van der Waals surface area (Å²) in [6.45, 7) is 3.48. The molecule has 2 bridgehead atoms. The Morgan fingerprint density at radius 1 is 1.04 bits per heavy atom. The molecule has 5 heterocycles. The number of hydrogen-bond donors (Lipinski definition) is 0. The molecule has 0 saturated carbocycles. The Bertz CT molecular complexity index is 831. The molecule has 6 rings (SSSR count). The molecule has 4 aliphatic heterocycles. The highest BCUT2D eigenvalue weighted by Gasteiger charge is 2.53. The van der Waals surface area contributed by atoms with Gasteiger partial charge < -0.3 is 14.5 Å². The van der Waals surface area contributed by atoms with Crippen molar-refractivity contribution < 1.29 is 4.74 Å². The number of fused-ring (bicyclic) bond motifs is 2. The summed E-state index contributed by atoms with van der Waals surface area (Å²) in [5, 5.41) is 0. The second-order valence-corrected chi connectivity index (χ2v) is 8.52. The molecule has 0 amide bonds. The molecule has 28 heavy (non-hydrogen) atoms. The summed E-state index contributed by atoms with van der Waals surface area (Å²) in [5.41, 5.74) is 1.41. The topological polar surface area (TPSA) is 44.7 Å². The van der Waals surface area contributed by atoms with Gasteiger partial charge in [0.25, 0.3) is 0 Å². The lowest BCUT2D eigenvalue weighted by atomic mass is 9.75. The quantitative estimate of drug-likeness (QED) is 0.814. The van der Waals surface area contributed by atoms with Gasteiger partial charge in [0, 0.05) is 44.7 Å². The Kier molecular flexibility index (Phi) is 4.38.